The summed E-state index contributed by atoms with van der Waals surface area (Å²) in [5.41, 5.74) is 0.896. The molecule has 1 saturated heterocycles. The van der Waals surface area contributed by atoms with E-state index in [1.807, 2.05) is 0 Å². The molecule has 1 atom stereocenters. The van der Waals surface area contributed by atoms with Crippen LogP contribution >= 0.6 is 15.9 Å². The van der Waals surface area contributed by atoms with Crippen LogP contribution in [0.3, 0.4) is 0 Å². The van der Waals surface area contributed by atoms with Crippen molar-refractivity contribution in [3.05, 3.63) is 28.2 Å². The molecule has 2 rings (SSSR count). The van der Waals surface area contributed by atoms with E-state index >= 15 is 0 Å². The van der Waals surface area contributed by atoms with Gasteiger partial charge in [-0.15, -0.1) is 13.2 Å². The van der Waals surface area contributed by atoms with Crippen LogP contribution in [0.25, 0.3) is 0 Å². The van der Waals surface area contributed by atoms with Gasteiger partial charge in [0.05, 0.1) is 11.1 Å². The van der Waals surface area contributed by atoms with E-state index in [0.717, 1.165) is 38.2 Å². The Kier molecular flexibility index (Phi) is 5.89. The van der Waals surface area contributed by atoms with Crippen molar-refractivity contribution in [2.24, 2.45) is 5.92 Å². The molecule has 3 nitrogen and oxygen atoms in total. The molecule has 1 fully saturated rings. The Morgan fingerprint density at radius 1 is 1.38 bits per heavy atom. The summed E-state index contributed by atoms with van der Waals surface area (Å²) in [5.74, 6) is 0.280. The van der Waals surface area contributed by atoms with Crippen molar-refractivity contribution < 1.29 is 22.6 Å². The van der Waals surface area contributed by atoms with E-state index in [2.05, 4.69) is 26.0 Å². The Hall–Kier alpha value is -0.790. The lowest BCUT2D eigenvalue weighted by molar-refractivity contribution is -0.274. The average molecular weight is 368 g/mol. The predicted molar refractivity (Wildman–Crippen MR) is 76.1 cm³/mol. The lowest BCUT2D eigenvalue weighted by atomic mass is 10.0. The Bertz CT molecular complexity index is 462. The normalized spacial score (nSPS) is 19.5. The molecule has 1 aromatic carbocycles. The van der Waals surface area contributed by atoms with Gasteiger partial charge in [-0.05, 0) is 52.4 Å². The summed E-state index contributed by atoms with van der Waals surface area (Å²) in [4.78, 5) is 0. The maximum absolute atomic E-state index is 12.2. The van der Waals surface area contributed by atoms with E-state index in [1.54, 1.807) is 12.1 Å². The number of benzene rings is 1. The Morgan fingerprint density at radius 2 is 2.19 bits per heavy atom. The van der Waals surface area contributed by atoms with Gasteiger partial charge in [-0.2, -0.15) is 0 Å². The molecule has 1 aliphatic heterocycles. The van der Waals surface area contributed by atoms with Gasteiger partial charge in [0.15, 0.2) is 0 Å². The number of alkyl halides is 3. The summed E-state index contributed by atoms with van der Waals surface area (Å²) in [5, 5.41) is 3.30. The standard InChI is InChI=1S/C14H17BrF3NO2/c15-12-6-10(3-4-13(12)21-14(16,17)18)7-19-8-11-2-1-5-20-9-11/h3-4,6,11,19H,1-2,5,7-9H2. The average Bonchev–Trinajstić information content (AvgIpc) is 2.42. The minimum Gasteiger partial charge on any atom is -0.405 e. The van der Waals surface area contributed by atoms with Crippen molar-refractivity contribution in [3.63, 3.8) is 0 Å². The molecule has 0 radical (unpaired) electrons. The number of rotatable bonds is 5. The Morgan fingerprint density at radius 3 is 2.81 bits per heavy atom. The third-order valence-electron chi connectivity index (χ3n) is 3.24. The fourth-order valence-electron chi connectivity index (χ4n) is 2.25. The van der Waals surface area contributed by atoms with Gasteiger partial charge in [0.1, 0.15) is 5.75 Å². The molecule has 0 amide bonds. The smallest absolute Gasteiger partial charge is 0.405 e. The van der Waals surface area contributed by atoms with Crippen LogP contribution < -0.4 is 10.1 Å². The van der Waals surface area contributed by atoms with E-state index in [-0.39, 0.29) is 5.75 Å². The Labute approximate surface area is 129 Å². The van der Waals surface area contributed by atoms with Gasteiger partial charge < -0.3 is 14.8 Å². The lowest BCUT2D eigenvalue weighted by Gasteiger charge is -2.22. The zero-order valence-corrected chi connectivity index (χ0v) is 13.0. The number of hydrogen-bond acceptors (Lipinski definition) is 3. The highest BCUT2D eigenvalue weighted by Crippen LogP contribution is 2.31. The lowest BCUT2D eigenvalue weighted by Crippen LogP contribution is -2.28. The van der Waals surface area contributed by atoms with Crippen molar-refractivity contribution in [1.29, 1.82) is 0 Å². The molecule has 1 aromatic rings. The van der Waals surface area contributed by atoms with Crippen molar-refractivity contribution in [2.75, 3.05) is 19.8 Å². The SMILES string of the molecule is FC(F)(F)Oc1ccc(CNCC2CCCOC2)cc1Br. The first-order chi connectivity index (χ1) is 9.94. The first-order valence-corrected chi connectivity index (χ1v) is 7.56. The first kappa shape index (κ1) is 16.6. The van der Waals surface area contributed by atoms with Gasteiger partial charge in [-0.25, -0.2) is 0 Å². The van der Waals surface area contributed by atoms with Gasteiger partial charge in [0.2, 0.25) is 0 Å². The minimum absolute atomic E-state index is 0.230. The summed E-state index contributed by atoms with van der Waals surface area (Å²) in [6, 6.07) is 4.57. The van der Waals surface area contributed by atoms with Crippen LogP contribution in [0, 0.1) is 5.92 Å². The second-order valence-corrected chi connectivity index (χ2v) is 5.88. The molecule has 0 saturated carbocycles. The van der Waals surface area contributed by atoms with Crippen LogP contribution in [0.15, 0.2) is 22.7 Å². The van der Waals surface area contributed by atoms with Crippen LogP contribution in [-0.4, -0.2) is 26.1 Å². The van der Waals surface area contributed by atoms with Crippen molar-refractivity contribution in [1.82, 2.24) is 5.32 Å². The predicted octanol–water partition coefficient (Wildman–Crippen LogP) is 3.86. The van der Waals surface area contributed by atoms with Gasteiger partial charge in [0.25, 0.3) is 0 Å². The molecule has 0 bridgehead atoms. The molecule has 0 spiro atoms. The van der Waals surface area contributed by atoms with E-state index in [0.29, 0.717) is 16.9 Å². The maximum Gasteiger partial charge on any atom is 0.573 e. The maximum atomic E-state index is 12.2. The first-order valence-electron chi connectivity index (χ1n) is 6.76. The zero-order chi connectivity index (χ0) is 15.3. The second kappa shape index (κ2) is 7.47. The highest BCUT2D eigenvalue weighted by molar-refractivity contribution is 9.10. The summed E-state index contributed by atoms with van der Waals surface area (Å²) in [7, 11) is 0. The quantitative estimate of drug-likeness (QED) is 0.856. The largest absolute Gasteiger partial charge is 0.573 e. The highest BCUT2D eigenvalue weighted by atomic mass is 79.9. The number of ether oxygens (including phenoxy) is 2. The molecule has 1 aliphatic rings. The number of nitrogens with one attached hydrogen (secondary N) is 1. The summed E-state index contributed by atoms with van der Waals surface area (Å²) in [6.45, 7) is 3.05. The van der Waals surface area contributed by atoms with E-state index in [9.17, 15) is 13.2 Å². The Balaban J connectivity index is 1.82. The van der Waals surface area contributed by atoms with Crippen molar-refractivity contribution in [2.45, 2.75) is 25.7 Å². The van der Waals surface area contributed by atoms with E-state index < -0.39 is 6.36 Å². The third-order valence-corrected chi connectivity index (χ3v) is 3.86. The van der Waals surface area contributed by atoms with Crippen LogP contribution in [0.5, 0.6) is 5.75 Å². The molecule has 1 unspecified atom stereocenters. The molecule has 1 N–H and O–H groups in total. The topological polar surface area (TPSA) is 30.5 Å². The molecule has 0 aliphatic carbocycles. The molecule has 118 valence electrons. The number of hydrogen-bond donors (Lipinski definition) is 1. The third kappa shape index (κ3) is 5.84. The van der Waals surface area contributed by atoms with Crippen LogP contribution in [0.2, 0.25) is 0 Å². The van der Waals surface area contributed by atoms with E-state index in [1.165, 1.54) is 6.07 Å². The summed E-state index contributed by atoms with van der Waals surface area (Å²) in [6.07, 6.45) is -2.44. The van der Waals surface area contributed by atoms with Gasteiger partial charge in [-0.3, -0.25) is 0 Å². The van der Waals surface area contributed by atoms with Crippen molar-refractivity contribution >= 4 is 15.9 Å². The van der Waals surface area contributed by atoms with Gasteiger partial charge in [0, 0.05) is 19.7 Å². The molecular formula is C14H17BrF3NO2. The van der Waals surface area contributed by atoms with Crippen LogP contribution in [0.1, 0.15) is 18.4 Å². The van der Waals surface area contributed by atoms with Gasteiger partial charge >= 0.3 is 6.36 Å². The molecule has 0 aromatic heterocycles. The molecule has 21 heavy (non-hydrogen) atoms. The van der Waals surface area contributed by atoms with Crippen molar-refractivity contribution in [3.8, 4) is 5.75 Å². The monoisotopic (exact) mass is 367 g/mol. The fourth-order valence-corrected chi connectivity index (χ4v) is 2.76. The zero-order valence-electron chi connectivity index (χ0n) is 11.4. The summed E-state index contributed by atoms with van der Waals surface area (Å²) < 4.78 is 46.1. The molecular weight excluding hydrogens is 351 g/mol. The highest BCUT2D eigenvalue weighted by Gasteiger charge is 2.31. The number of halogens is 4. The molecule has 7 heteroatoms. The summed E-state index contributed by atoms with van der Waals surface area (Å²) >= 11 is 3.10. The van der Waals surface area contributed by atoms with E-state index in [4.69, 9.17) is 4.74 Å². The van der Waals surface area contributed by atoms with Crippen LogP contribution in [0.4, 0.5) is 13.2 Å². The molecule has 1 heterocycles. The second-order valence-electron chi connectivity index (χ2n) is 5.03. The van der Waals surface area contributed by atoms with Gasteiger partial charge in [-0.1, -0.05) is 6.07 Å². The minimum atomic E-state index is -4.68. The fraction of sp³-hybridized carbons (Fsp3) is 0.571. The van der Waals surface area contributed by atoms with Crippen LogP contribution in [-0.2, 0) is 11.3 Å².